The van der Waals surface area contributed by atoms with E-state index in [2.05, 4.69) is 21.2 Å². The second-order valence-electron chi connectivity index (χ2n) is 9.45. The lowest BCUT2D eigenvalue weighted by Crippen LogP contribution is -2.35. The Morgan fingerprint density at radius 2 is 1.71 bits per heavy atom. The number of amides is 1. The highest BCUT2D eigenvalue weighted by Gasteiger charge is 2.27. The number of Topliss-reactive ketones (excluding diaryl/α,β-unsaturated/α-hetero) is 1. The molecule has 0 aliphatic carbocycles. The van der Waals surface area contributed by atoms with Crippen LogP contribution in [-0.2, 0) is 24.5 Å². The zero-order valence-corrected chi connectivity index (χ0v) is 21.0. The van der Waals surface area contributed by atoms with Crippen molar-refractivity contribution >= 4 is 33.8 Å². The highest BCUT2D eigenvalue weighted by Crippen LogP contribution is 2.40. The van der Waals surface area contributed by atoms with Crippen molar-refractivity contribution in [3.8, 4) is 5.75 Å². The SMILES string of the molecule is CCOC(=O)C[C@H](CC(=O)CNC(=O)OC(C)(C)C)c1cc(C(C)(C)C)cc(Br)c1O. The molecule has 1 atom stereocenters. The monoisotopic (exact) mass is 499 g/mol. The Hall–Kier alpha value is -2.09. The molecule has 0 radical (unpaired) electrons. The number of carbonyl (C=O) groups is 3. The van der Waals surface area contributed by atoms with Crippen molar-refractivity contribution < 1.29 is 29.0 Å². The highest BCUT2D eigenvalue weighted by molar-refractivity contribution is 9.10. The van der Waals surface area contributed by atoms with E-state index in [1.807, 2.05) is 32.9 Å². The molecule has 0 spiro atoms. The van der Waals surface area contributed by atoms with Gasteiger partial charge in [0.15, 0.2) is 5.78 Å². The first-order valence-electron chi connectivity index (χ1n) is 10.3. The average Bonchev–Trinajstić information content (AvgIpc) is 2.59. The summed E-state index contributed by atoms with van der Waals surface area (Å²) in [4.78, 5) is 36.6. The van der Waals surface area contributed by atoms with E-state index in [0.717, 1.165) is 5.56 Å². The molecule has 0 bridgehead atoms. The summed E-state index contributed by atoms with van der Waals surface area (Å²) in [6.45, 7) is 13.0. The van der Waals surface area contributed by atoms with Crippen LogP contribution in [0.15, 0.2) is 16.6 Å². The molecule has 174 valence electrons. The number of nitrogens with one attached hydrogen (secondary N) is 1. The summed E-state index contributed by atoms with van der Waals surface area (Å²) in [5, 5.41) is 13.1. The van der Waals surface area contributed by atoms with Crippen LogP contribution in [0.5, 0.6) is 5.75 Å². The van der Waals surface area contributed by atoms with Crippen LogP contribution in [0.2, 0.25) is 0 Å². The minimum Gasteiger partial charge on any atom is -0.506 e. The molecule has 0 fully saturated rings. The molecule has 0 saturated heterocycles. The summed E-state index contributed by atoms with van der Waals surface area (Å²) in [7, 11) is 0. The molecular formula is C23H34BrNO6. The number of benzene rings is 1. The molecule has 0 aliphatic rings. The van der Waals surface area contributed by atoms with E-state index in [1.54, 1.807) is 27.7 Å². The highest BCUT2D eigenvalue weighted by atomic mass is 79.9. The Balaban J connectivity index is 3.11. The molecule has 0 heterocycles. The first kappa shape index (κ1) is 26.9. The number of phenols is 1. The van der Waals surface area contributed by atoms with E-state index in [1.165, 1.54) is 0 Å². The quantitative estimate of drug-likeness (QED) is 0.489. The molecule has 0 saturated carbocycles. The van der Waals surface area contributed by atoms with Crippen molar-refractivity contribution in [2.45, 2.75) is 78.2 Å². The van der Waals surface area contributed by atoms with Crippen LogP contribution in [0.1, 0.15) is 78.4 Å². The Morgan fingerprint density at radius 3 is 2.23 bits per heavy atom. The largest absolute Gasteiger partial charge is 0.506 e. The molecule has 0 aliphatic heterocycles. The summed E-state index contributed by atoms with van der Waals surface area (Å²) < 4.78 is 10.7. The Kier molecular flexibility index (Phi) is 9.54. The van der Waals surface area contributed by atoms with Gasteiger partial charge in [0.2, 0.25) is 0 Å². The van der Waals surface area contributed by atoms with Crippen molar-refractivity contribution in [2.24, 2.45) is 0 Å². The van der Waals surface area contributed by atoms with Crippen molar-refractivity contribution in [3.63, 3.8) is 0 Å². The van der Waals surface area contributed by atoms with Crippen LogP contribution >= 0.6 is 15.9 Å². The standard InChI is InChI=1S/C23H34BrNO6/c1-8-30-19(27)10-14(9-16(26)13-25-21(29)31-23(5,6)7)17-11-15(22(2,3)4)12-18(24)20(17)28/h11-12,14,28H,8-10,13H2,1-7H3,(H,25,29)/t14-/m0/s1. The number of ether oxygens (including phenoxy) is 2. The van der Waals surface area contributed by atoms with Gasteiger partial charge >= 0.3 is 12.1 Å². The van der Waals surface area contributed by atoms with Crippen LogP contribution in [0.3, 0.4) is 0 Å². The Labute approximate surface area is 193 Å². The smallest absolute Gasteiger partial charge is 0.408 e. The van der Waals surface area contributed by atoms with Crippen LogP contribution in [0.4, 0.5) is 4.79 Å². The van der Waals surface area contributed by atoms with E-state index >= 15 is 0 Å². The number of aromatic hydroxyl groups is 1. The summed E-state index contributed by atoms with van der Waals surface area (Å²) in [6.07, 6.45) is -0.815. The lowest BCUT2D eigenvalue weighted by Gasteiger charge is -2.24. The fourth-order valence-electron chi connectivity index (χ4n) is 2.91. The molecule has 7 nitrogen and oxygen atoms in total. The number of phenolic OH excluding ortho intramolecular Hbond substituents is 1. The number of carbonyl (C=O) groups excluding carboxylic acids is 3. The molecule has 1 aromatic rings. The van der Waals surface area contributed by atoms with Crippen LogP contribution in [0, 0.1) is 0 Å². The normalized spacial score (nSPS) is 12.8. The van der Waals surface area contributed by atoms with E-state index in [-0.39, 0.29) is 42.9 Å². The number of rotatable bonds is 8. The number of esters is 1. The van der Waals surface area contributed by atoms with E-state index in [9.17, 15) is 19.5 Å². The number of hydrogen-bond acceptors (Lipinski definition) is 6. The summed E-state index contributed by atoms with van der Waals surface area (Å²) in [6, 6.07) is 3.64. The fourth-order valence-corrected chi connectivity index (χ4v) is 3.39. The van der Waals surface area contributed by atoms with Gasteiger partial charge in [-0.3, -0.25) is 9.59 Å². The van der Waals surface area contributed by atoms with E-state index in [0.29, 0.717) is 10.0 Å². The maximum absolute atomic E-state index is 12.6. The molecule has 0 aromatic heterocycles. The number of alkyl carbamates (subject to hydrolysis) is 1. The van der Waals surface area contributed by atoms with Gasteiger partial charge in [0, 0.05) is 12.3 Å². The minimum atomic E-state index is -0.692. The first-order chi connectivity index (χ1) is 14.1. The summed E-state index contributed by atoms with van der Waals surface area (Å²) in [5.74, 6) is -1.38. The predicted molar refractivity (Wildman–Crippen MR) is 122 cm³/mol. The van der Waals surface area contributed by atoms with Gasteiger partial charge in [-0.1, -0.05) is 26.8 Å². The lowest BCUT2D eigenvalue weighted by atomic mass is 9.82. The third kappa shape index (κ3) is 9.29. The summed E-state index contributed by atoms with van der Waals surface area (Å²) >= 11 is 3.37. The molecule has 8 heteroatoms. The third-order valence-corrected chi connectivity index (χ3v) is 5.02. The third-order valence-electron chi connectivity index (χ3n) is 4.42. The molecule has 1 aromatic carbocycles. The molecule has 1 rings (SSSR count). The zero-order valence-electron chi connectivity index (χ0n) is 19.4. The second kappa shape index (κ2) is 11.0. The number of hydrogen-bond donors (Lipinski definition) is 2. The first-order valence-corrected chi connectivity index (χ1v) is 11.1. The predicted octanol–water partition coefficient (Wildman–Crippen LogP) is 4.97. The lowest BCUT2D eigenvalue weighted by molar-refractivity contribution is -0.143. The zero-order chi connectivity index (χ0) is 24.0. The molecule has 1 amide bonds. The fraction of sp³-hybridized carbons (Fsp3) is 0.609. The number of halogens is 1. The van der Waals surface area contributed by atoms with Gasteiger partial charge in [0.05, 0.1) is 24.0 Å². The Morgan fingerprint density at radius 1 is 1.10 bits per heavy atom. The van der Waals surface area contributed by atoms with Crippen LogP contribution in [-0.4, -0.2) is 41.7 Å². The van der Waals surface area contributed by atoms with Gasteiger partial charge in [0.25, 0.3) is 0 Å². The van der Waals surface area contributed by atoms with Crippen molar-refractivity contribution in [2.75, 3.05) is 13.2 Å². The summed E-state index contributed by atoms with van der Waals surface area (Å²) in [5.41, 5.74) is 0.547. The molecule has 31 heavy (non-hydrogen) atoms. The van der Waals surface area contributed by atoms with Crippen molar-refractivity contribution in [1.82, 2.24) is 5.32 Å². The van der Waals surface area contributed by atoms with Crippen LogP contribution < -0.4 is 5.32 Å². The van der Waals surface area contributed by atoms with Crippen molar-refractivity contribution in [1.29, 1.82) is 0 Å². The van der Waals surface area contributed by atoms with Gasteiger partial charge in [0.1, 0.15) is 11.4 Å². The maximum Gasteiger partial charge on any atom is 0.408 e. The maximum atomic E-state index is 12.6. The van der Waals surface area contributed by atoms with Gasteiger partial charge < -0.3 is 19.9 Å². The van der Waals surface area contributed by atoms with Crippen LogP contribution in [0.25, 0.3) is 0 Å². The average molecular weight is 500 g/mol. The van der Waals surface area contributed by atoms with Gasteiger partial charge in [-0.2, -0.15) is 0 Å². The van der Waals surface area contributed by atoms with E-state index in [4.69, 9.17) is 9.47 Å². The minimum absolute atomic E-state index is 0.0183. The van der Waals surface area contributed by atoms with E-state index < -0.39 is 23.6 Å². The van der Waals surface area contributed by atoms with Crippen molar-refractivity contribution in [3.05, 3.63) is 27.7 Å². The molecular weight excluding hydrogens is 466 g/mol. The second-order valence-corrected chi connectivity index (χ2v) is 10.3. The van der Waals surface area contributed by atoms with Gasteiger partial charge in [-0.05, 0) is 66.2 Å². The Bertz CT molecular complexity index is 808. The van der Waals surface area contributed by atoms with Gasteiger partial charge in [-0.25, -0.2) is 4.79 Å². The van der Waals surface area contributed by atoms with Gasteiger partial charge in [-0.15, -0.1) is 0 Å². The molecule has 2 N–H and O–H groups in total. The number of ketones is 1. The topological polar surface area (TPSA) is 102 Å². The molecule has 0 unspecified atom stereocenters.